The van der Waals surface area contributed by atoms with Crippen molar-refractivity contribution < 1.29 is 9.90 Å². The smallest absolute Gasteiger partial charge is 0.337 e. The Morgan fingerprint density at radius 2 is 2.31 bits per heavy atom. The van der Waals surface area contributed by atoms with Gasteiger partial charge in [-0.3, -0.25) is 0 Å². The molecule has 2 aromatic heterocycles. The van der Waals surface area contributed by atoms with Gasteiger partial charge in [0.15, 0.2) is 5.82 Å². The fourth-order valence-electron chi connectivity index (χ4n) is 1.65. The Morgan fingerprint density at radius 1 is 1.56 bits per heavy atom. The van der Waals surface area contributed by atoms with Crippen molar-refractivity contribution >= 4 is 5.97 Å². The molecule has 0 bridgehead atoms. The molecule has 0 aliphatic rings. The van der Waals surface area contributed by atoms with Crippen LogP contribution in [0, 0.1) is 13.8 Å². The first-order valence-corrected chi connectivity index (χ1v) is 4.72. The van der Waals surface area contributed by atoms with Gasteiger partial charge in [-0.1, -0.05) is 5.21 Å². The van der Waals surface area contributed by atoms with Crippen molar-refractivity contribution in [2.45, 2.75) is 20.4 Å². The molecule has 0 aromatic carbocycles. The molecule has 7 nitrogen and oxygen atoms in total. The molecule has 2 aromatic rings. The van der Waals surface area contributed by atoms with Crippen molar-refractivity contribution in [3.05, 3.63) is 28.8 Å². The van der Waals surface area contributed by atoms with Gasteiger partial charge in [-0.25, -0.2) is 4.79 Å². The first-order valence-electron chi connectivity index (χ1n) is 4.72. The van der Waals surface area contributed by atoms with E-state index >= 15 is 0 Å². The molecule has 0 spiro atoms. The summed E-state index contributed by atoms with van der Waals surface area (Å²) >= 11 is 0. The number of aryl methyl sites for hydroxylation is 1. The average molecular weight is 221 g/mol. The van der Waals surface area contributed by atoms with Crippen molar-refractivity contribution in [2.24, 2.45) is 0 Å². The number of H-pyrrole nitrogens is 1. The number of aromatic nitrogens is 5. The van der Waals surface area contributed by atoms with Crippen LogP contribution in [0.3, 0.4) is 0 Å². The molecular weight excluding hydrogens is 210 g/mol. The first kappa shape index (κ1) is 10.3. The summed E-state index contributed by atoms with van der Waals surface area (Å²) < 4.78 is 1.84. The van der Waals surface area contributed by atoms with Crippen LogP contribution < -0.4 is 0 Å². The standard InChI is InChI=1S/C9H11N5O2/c1-5-3-7(9(15)16)6(2)14(5)4-8-10-12-13-11-8/h3H,4H2,1-2H3,(H,15,16)(H,10,11,12,13). The molecule has 2 N–H and O–H groups in total. The summed E-state index contributed by atoms with van der Waals surface area (Å²) in [5, 5.41) is 22.4. The molecule has 2 heterocycles. The zero-order chi connectivity index (χ0) is 11.7. The molecular formula is C9H11N5O2. The van der Waals surface area contributed by atoms with E-state index in [1.165, 1.54) is 0 Å². The lowest BCUT2D eigenvalue weighted by Gasteiger charge is -2.05. The zero-order valence-electron chi connectivity index (χ0n) is 8.93. The summed E-state index contributed by atoms with van der Waals surface area (Å²) in [6, 6.07) is 1.64. The van der Waals surface area contributed by atoms with E-state index in [1.807, 2.05) is 11.5 Å². The van der Waals surface area contributed by atoms with E-state index in [0.29, 0.717) is 23.6 Å². The SMILES string of the molecule is Cc1cc(C(=O)O)c(C)n1Cc1nn[nH]n1. The number of rotatable bonds is 3. The summed E-state index contributed by atoms with van der Waals surface area (Å²) in [7, 11) is 0. The van der Waals surface area contributed by atoms with Gasteiger partial charge >= 0.3 is 5.97 Å². The predicted octanol–water partition coefficient (Wildman–Crippen LogP) is 0.365. The second-order valence-electron chi connectivity index (χ2n) is 3.50. The summed E-state index contributed by atoms with van der Waals surface area (Å²) in [6.45, 7) is 4.03. The fraction of sp³-hybridized carbons (Fsp3) is 0.333. The van der Waals surface area contributed by atoms with Gasteiger partial charge < -0.3 is 9.67 Å². The van der Waals surface area contributed by atoms with Crippen molar-refractivity contribution in [3.8, 4) is 0 Å². The topological polar surface area (TPSA) is 96.7 Å². The molecule has 0 aliphatic carbocycles. The van der Waals surface area contributed by atoms with Gasteiger partial charge in [0.2, 0.25) is 0 Å². The largest absolute Gasteiger partial charge is 0.478 e. The van der Waals surface area contributed by atoms with Gasteiger partial charge in [-0.15, -0.1) is 10.2 Å². The van der Waals surface area contributed by atoms with Crippen LogP contribution in [-0.2, 0) is 6.54 Å². The number of tetrazole rings is 1. The Bertz CT molecular complexity index is 514. The maximum atomic E-state index is 10.9. The van der Waals surface area contributed by atoms with Crippen LogP contribution in [-0.4, -0.2) is 36.3 Å². The van der Waals surface area contributed by atoms with Crippen LogP contribution in [0.4, 0.5) is 0 Å². The third kappa shape index (κ3) is 1.67. The number of carboxylic acids is 1. The average Bonchev–Trinajstić information content (AvgIpc) is 2.81. The number of aromatic carboxylic acids is 1. The Hall–Kier alpha value is -2.18. The molecule has 0 saturated heterocycles. The minimum absolute atomic E-state index is 0.306. The first-order chi connectivity index (χ1) is 7.59. The summed E-state index contributed by atoms with van der Waals surface area (Å²) in [4.78, 5) is 10.9. The second-order valence-corrected chi connectivity index (χ2v) is 3.50. The van der Waals surface area contributed by atoms with E-state index in [4.69, 9.17) is 5.11 Å². The molecule has 84 valence electrons. The number of hydrogen-bond donors (Lipinski definition) is 2. The molecule has 0 amide bonds. The number of hydrogen-bond acceptors (Lipinski definition) is 4. The number of carbonyl (C=O) groups is 1. The highest BCUT2D eigenvalue weighted by atomic mass is 16.4. The number of aromatic amines is 1. The molecule has 0 aliphatic heterocycles. The summed E-state index contributed by atoms with van der Waals surface area (Å²) in [6.07, 6.45) is 0. The lowest BCUT2D eigenvalue weighted by atomic mass is 10.2. The van der Waals surface area contributed by atoms with Gasteiger partial charge in [-0.05, 0) is 19.9 Å². The van der Waals surface area contributed by atoms with Gasteiger partial charge in [0.25, 0.3) is 0 Å². The van der Waals surface area contributed by atoms with E-state index in [9.17, 15) is 4.79 Å². The van der Waals surface area contributed by atoms with Crippen molar-refractivity contribution in [1.82, 2.24) is 25.2 Å². The third-order valence-electron chi connectivity index (χ3n) is 2.49. The fourth-order valence-corrected chi connectivity index (χ4v) is 1.65. The van der Waals surface area contributed by atoms with Crippen LogP contribution in [0.15, 0.2) is 6.07 Å². The minimum atomic E-state index is -0.924. The maximum absolute atomic E-state index is 10.9. The molecule has 0 fully saturated rings. The van der Waals surface area contributed by atoms with Crippen LogP contribution in [0.5, 0.6) is 0 Å². The second kappa shape index (κ2) is 3.76. The van der Waals surface area contributed by atoms with E-state index < -0.39 is 5.97 Å². The van der Waals surface area contributed by atoms with Crippen LogP contribution in [0.2, 0.25) is 0 Å². The molecule has 0 unspecified atom stereocenters. The predicted molar refractivity (Wildman–Crippen MR) is 54.1 cm³/mol. The normalized spacial score (nSPS) is 10.6. The molecule has 0 radical (unpaired) electrons. The van der Waals surface area contributed by atoms with Crippen molar-refractivity contribution in [3.63, 3.8) is 0 Å². The highest BCUT2D eigenvalue weighted by Crippen LogP contribution is 2.15. The van der Waals surface area contributed by atoms with Crippen molar-refractivity contribution in [1.29, 1.82) is 0 Å². The lowest BCUT2D eigenvalue weighted by molar-refractivity contribution is 0.0696. The molecule has 16 heavy (non-hydrogen) atoms. The van der Waals surface area contributed by atoms with Gasteiger partial charge in [0.1, 0.15) is 0 Å². The van der Waals surface area contributed by atoms with E-state index in [2.05, 4.69) is 20.6 Å². The maximum Gasteiger partial charge on any atom is 0.337 e. The molecule has 7 heteroatoms. The Morgan fingerprint density at radius 3 is 2.81 bits per heavy atom. The highest BCUT2D eigenvalue weighted by molar-refractivity contribution is 5.89. The summed E-state index contributed by atoms with van der Waals surface area (Å²) in [5.74, 6) is -0.397. The van der Waals surface area contributed by atoms with Gasteiger partial charge in [0, 0.05) is 11.4 Å². The highest BCUT2D eigenvalue weighted by Gasteiger charge is 2.15. The Labute approximate surface area is 91.1 Å². The van der Waals surface area contributed by atoms with Crippen LogP contribution in [0.1, 0.15) is 27.6 Å². The van der Waals surface area contributed by atoms with E-state index in [1.54, 1.807) is 13.0 Å². The number of nitrogens with zero attached hydrogens (tertiary/aromatic N) is 4. The molecule has 0 atom stereocenters. The quantitative estimate of drug-likeness (QED) is 0.780. The van der Waals surface area contributed by atoms with Crippen molar-refractivity contribution in [2.75, 3.05) is 0 Å². The monoisotopic (exact) mass is 221 g/mol. The Balaban J connectivity index is 2.38. The zero-order valence-corrected chi connectivity index (χ0v) is 8.93. The molecule has 2 rings (SSSR count). The number of carboxylic acid groups (broad SMARTS) is 1. The number of nitrogens with one attached hydrogen (secondary N) is 1. The summed E-state index contributed by atoms with van der Waals surface area (Å²) in [5.41, 5.74) is 1.86. The van der Waals surface area contributed by atoms with E-state index in [-0.39, 0.29) is 0 Å². The Kier molecular flexibility index (Phi) is 2.43. The van der Waals surface area contributed by atoms with E-state index in [0.717, 1.165) is 5.69 Å². The lowest BCUT2D eigenvalue weighted by Crippen LogP contribution is -2.07. The van der Waals surface area contributed by atoms with Crippen LogP contribution >= 0.6 is 0 Å². The van der Waals surface area contributed by atoms with Gasteiger partial charge in [0.05, 0.1) is 12.1 Å². The molecule has 0 saturated carbocycles. The van der Waals surface area contributed by atoms with Crippen LogP contribution in [0.25, 0.3) is 0 Å². The van der Waals surface area contributed by atoms with Gasteiger partial charge in [-0.2, -0.15) is 5.21 Å². The minimum Gasteiger partial charge on any atom is -0.478 e. The third-order valence-corrected chi connectivity index (χ3v) is 2.49.